The Hall–Kier alpha value is -2.51. The van der Waals surface area contributed by atoms with Gasteiger partial charge in [-0.2, -0.15) is 0 Å². The van der Waals surface area contributed by atoms with Crippen molar-refractivity contribution in [2.45, 2.75) is 25.9 Å². The highest BCUT2D eigenvalue weighted by atomic mass is 35.5. The van der Waals surface area contributed by atoms with Gasteiger partial charge >= 0.3 is 5.97 Å². The highest BCUT2D eigenvalue weighted by molar-refractivity contribution is 7.13. The van der Waals surface area contributed by atoms with Gasteiger partial charge in [0.25, 0.3) is 11.8 Å². The molecule has 0 N–H and O–H groups in total. The summed E-state index contributed by atoms with van der Waals surface area (Å²) in [5.41, 5.74) is 0.507. The van der Waals surface area contributed by atoms with Crippen LogP contribution in [0.2, 0.25) is 5.02 Å². The number of hydrogen-bond donors (Lipinski definition) is 0. The van der Waals surface area contributed by atoms with E-state index in [-0.39, 0.29) is 24.5 Å². The van der Waals surface area contributed by atoms with Crippen LogP contribution in [-0.2, 0) is 9.53 Å². The number of thiophene rings is 1. The Morgan fingerprint density at radius 1 is 1.19 bits per heavy atom. The van der Waals surface area contributed by atoms with E-state index >= 15 is 0 Å². The lowest BCUT2D eigenvalue weighted by molar-refractivity contribution is -0.149. The predicted molar refractivity (Wildman–Crippen MR) is 97.1 cm³/mol. The Morgan fingerprint density at radius 2 is 1.96 bits per heavy atom. The SMILES string of the molecule is C[C@@H](OC(=O)CCC(=O)c1ccc(Cl)cc1)c1nnc(-c2cccs2)o1. The molecule has 0 aliphatic carbocycles. The molecule has 1 atom stereocenters. The minimum Gasteiger partial charge on any atom is -0.453 e. The second-order valence-electron chi connectivity index (χ2n) is 5.48. The van der Waals surface area contributed by atoms with Gasteiger partial charge in [-0.1, -0.05) is 17.7 Å². The van der Waals surface area contributed by atoms with Gasteiger partial charge in [-0.15, -0.1) is 21.5 Å². The van der Waals surface area contributed by atoms with Gasteiger partial charge < -0.3 is 9.15 Å². The summed E-state index contributed by atoms with van der Waals surface area (Å²) in [5, 5.41) is 10.3. The van der Waals surface area contributed by atoms with Crippen LogP contribution in [0.4, 0.5) is 0 Å². The Morgan fingerprint density at radius 3 is 2.65 bits per heavy atom. The first-order valence-corrected chi connectivity index (χ1v) is 9.14. The highest BCUT2D eigenvalue weighted by Gasteiger charge is 2.20. The summed E-state index contributed by atoms with van der Waals surface area (Å²) in [5.74, 6) is -0.0543. The fourth-order valence-electron chi connectivity index (χ4n) is 2.20. The van der Waals surface area contributed by atoms with Crippen LogP contribution in [0.25, 0.3) is 10.8 Å². The lowest BCUT2D eigenvalue weighted by Crippen LogP contribution is -2.11. The van der Waals surface area contributed by atoms with E-state index in [0.717, 1.165) is 4.88 Å². The average molecular weight is 391 g/mol. The largest absolute Gasteiger partial charge is 0.453 e. The van der Waals surface area contributed by atoms with E-state index in [0.29, 0.717) is 16.5 Å². The minimum atomic E-state index is -0.686. The quantitative estimate of drug-likeness (QED) is 0.429. The molecule has 0 aliphatic rings. The van der Waals surface area contributed by atoms with Crippen LogP contribution in [0.3, 0.4) is 0 Å². The molecule has 134 valence electrons. The normalized spacial score (nSPS) is 11.9. The van der Waals surface area contributed by atoms with Gasteiger partial charge in [0, 0.05) is 17.0 Å². The predicted octanol–water partition coefficient (Wildman–Crippen LogP) is 4.72. The van der Waals surface area contributed by atoms with E-state index in [1.165, 1.54) is 11.3 Å². The molecule has 6 nitrogen and oxygen atoms in total. The molecule has 0 spiro atoms. The van der Waals surface area contributed by atoms with Crippen LogP contribution >= 0.6 is 22.9 Å². The van der Waals surface area contributed by atoms with Crippen LogP contribution in [0, 0.1) is 0 Å². The highest BCUT2D eigenvalue weighted by Crippen LogP contribution is 2.26. The Labute approximate surface area is 158 Å². The number of carbonyl (C=O) groups excluding carboxylic acids is 2. The van der Waals surface area contributed by atoms with Crippen LogP contribution in [0.5, 0.6) is 0 Å². The number of Topliss-reactive ketones (excluding diaryl/α,β-unsaturated/α-hetero) is 1. The fourth-order valence-corrected chi connectivity index (χ4v) is 2.97. The maximum absolute atomic E-state index is 12.1. The number of benzene rings is 1. The third-order valence-electron chi connectivity index (χ3n) is 3.55. The molecule has 0 aliphatic heterocycles. The van der Waals surface area contributed by atoms with Gasteiger partial charge in [0.15, 0.2) is 11.9 Å². The van der Waals surface area contributed by atoms with Crippen molar-refractivity contribution in [3.8, 4) is 10.8 Å². The van der Waals surface area contributed by atoms with Crippen LogP contribution in [0.15, 0.2) is 46.2 Å². The second kappa shape index (κ2) is 8.25. The van der Waals surface area contributed by atoms with Gasteiger partial charge in [-0.3, -0.25) is 9.59 Å². The number of halogens is 1. The van der Waals surface area contributed by atoms with Crippen LogP contribution in [-0.4, -0.2) is 21.9 Å². The molecule has 26 heavy (non-hydrogen) atoms. The molecule has 2 heterocycles. The van der Waals surface area contributed by atoms with E-state index in [1.54, 1.807) is 31.2 Å². The second-order valence-corrected chi connectivity index (χ2v) is 6.87. The Bertz CT molecular complexity index is 890. The first-order valence-electron chi connectivity index (χ1n) is 7.88. The van der Waals surface area contributed by atoms with Crippen molar-refractivity contribution in [3.63, 3.8) is 0 Å². The van der Waals surface area contributed by atoms with Crippen molar-refractivity contribution in [2.75, 3.05) is 0 Å². The maximum atomic E-state index is 12.1. The summed E-state index contributed by atoms with van der Waals surface area (Å²) in [6.07, 6.45) is -0.663. The van der Waals surface area contributed by atoms with Crippen molar-refractivity contribution in [1.29, 1.82) is 0 Å². The van der Waals surface area contributed by atoms with Gasteiger partial charge in [0.05, 0.1) is 11.3 Å². The topological polar surface area (TPSA) is 82.3 Å². The number of ketones is 1. The third kappa shape index (κ3) is 4.56. The van der Waals surface area contributed by atoms with E-state index < -0.39 is 12.1 Å². The number of esters is 1. The molecule has 0 radical (unpaired) electrons. The molecule has 3 aromatic rings. The molecule has 0 bridgehead atoms. The summed E-state index contributed by atoms with van der Waals surface area (Å²) < 4.78 is 10.8. The van der Waals surface area contributed by atoms with E-state index in [4.69, 9.17) is 20.8 Å². The summed E-state index contributed by atoms with van der Waals surface area (Å²) in [4.78, 5) is 24.9. The lowest BCUT2D eigenvalue weighted by Gasteiger charge is -2.09. The molecule has 2 aromatic heterocycles. The molecule has 0 amide bonds. The van der Waals surface area contributed by atoms with Crippen molar-refractivity contribution in [3.05, 3.63) is 58.3 Å². The van der Waals surface area contributed by atoms with Crippen molar-refractivity contribution in [1.82, 2.24) is 10.2 Å². The number of hydrogen-bond acceptors (Lipinski definition) is 7. The summed E-state index contributed by atoms with van der Waals surface area (Å²) >= 11 is 7.26. The molecule has 8 heteroatoms. The summed E-state index contributed by atoms with van der Waals surface area (Å²) in [7, 11) is 0. The molecule has 0 unspecified atom stereocenters. The Balaban J connectivity index is 1.51. The zero-order valence-corrected chi connectivity index (χ0v) is 15.4. The van der Waals surface area contributed by atoms with Gasteiger partial charge in [0.1, 0.15) is 0 Å². The maximum Gasteiger partial charge on any atom is 0.307 e. The number of nitrogens with zero attached hydrogens (tertiary/aromatic N) is 2. The zero-order chi connectivity index (χ0) is 18.5. The molecule has 0 saturated heterocycles. The monoisotopic (exact) mass is 390 g/mol. The number of carbonyl (C=O) groups is 2. The van der Waals surface area contributed by atoms with Crippen LogP contribution in [0.1, 0.15) is 42.1 Å². The number of rotatable bonds is 7. The van der Waals surface area contributed by atoms with E-state index in [2.05, 4.69) is 10.2 Å². The van der Waals surface area contributed by atoms with E-state index in [9.17, 15) is 9.59 Å². The minimum absolute atomic E-state index is 0.0300. The molecule has 0 fully saturated rings. The standard InChI is InChI=1S/C18H15ClN2O4S/c1-11(17-20-21-18(25-17)15-3-2-10-26-15)24-16(23)9-8-14(22)12-4-6-13(19)7-5-12/h2-7,10-11H,8-9H2,1H3/t11-/m1/s1. The molecular formula is C18H15ClN2O4S. The van der Waals surface area contributed by atoms with Crippen molar-refractivity contribution in [2.24, 2.45) is 0 Å². The molecular weight excluding hydrogens is 376 g/mol. The summed E-state index contributed by atoms with van der Waals surface area (Å²) in [6, 6.07) is 10.3. The number of aromatic nitrogens is 2. The van der Waals surface area contributed by atoms with Gasteiger partial charge in [0.2, 0.25) is 0 Å². The fraction of sp³-hybridized carbons (Fsp3) is 0.222. The van der Waals surface area contributed by atoms with Crippen molar-refractivity contribution >= 4 is 34.7 Å². The first kappa shape index (κ1) is 18.3. The Kier molecular flexibility index (Phi) is 5.80. The first-order chi connectivity index (χ1) is 12.5. The molecule has 0 saturated carbocycles. The number of ether oxygens (including phenoxy) is 1. The average Bonchev–Trinajstić information content (AvgIpc) is 3.31. The molecule has 3 rings (SSSR count). The van der Waals surface area contributed by atoms with Gasteiger partial charge in [-0.05, 0) is 42.6 Å². The third-order valence-corrected chi connectivity index (χ3v) is 4.66. The molecule has 1 aromatic carbocycles. The van der Waals surface area contributed by atoms with Crippen molar-refractivity contribution < 1.29 is 18.7 Å². The van der Waals surface area contributed by atoms with E-state index in [1.807, 2.05) is 17.5 Å². The smallest absolute Gasteiger partial charge is 0.307 e. The van der Waals surface area contributed by atoms with Gasteiger partial charge in [-0.25, -0.2) is 0 Å². The zero-order valence-electron chi connectivity index (χ0n) is 13.8. The summed E-state index contributed by atoms with van der Waals surface area (Å²) in [6.45, 7) is 1.64. The lowest BCUT2D eigenvalue weighted by atomic mass is 10.1. The van der Waals surface area contributed by atoms with Crippen LogP contribution < -0.4 is 0 Å².